The Balaban J connectivity index is 1.59. The Morgan fingerprint density at radius 1 is 0.969 bits per heavy atom. The topological polar surface area (TPSA) is 73.0 Å². The van der Waals surface area contributed by atoms with E-state index in [1.165, 1.54) is 51.1 Å². The summed E-state index contributed by atoms with van der Waals surface area (Å²) >= 11 is 0. The third kappa shape index (κ3) is 6.51. The fourth-order valence-corrected chi connectivity index (χ4v) is 4.70. The highest BCUT2D eigenvalue weighted by atomic mass is 32.2. The minimum atomic E-state index is -3.92. The number of rotatable bonds is 9. The van der Waals surface area contributed by atoms with Crippen molar-refractivity contribution < 1.29 is 17.6 Å². The first-order valence-electron chi connectivity index (χ1n) is 10.8. The summed E-state index contributed by atoms with van der Waals surface area (Å²) in [5.41, 5.74) is 2.39. The van der Waals surface area contributed by atoms with Crippen molar-refractivity contribution in [1.29, 1.82) is 0 Å². The van der Waals surface area contributed by atoms with Gasteiger partial charge in [-0.15, -0.1) is 0 Å². The van der Waals surface area contributed by atoms with E-state index in [9.17, 15) is 17.6 Å². The molecule has 0 aromatic heterocycles. The highest BCUT2D eigenvalue weighted by molar-refractivity contribution is 7.90. The molecule has 1 fully saturated rings. The van der Waals surface area contributed by atoms with Crippen molar-refractivity contribution in [2.45, 2.75) is 32.4 Å². The van der Waals surface area contributed by atoms with Gasteiger partial charge in [0, 0.05) is 27.2 Å². The second kappa shape index (κ2) is 10.9. The van der Waals surface area contributed by atoms with Crippen molar-refractivity contribution in [1.82, 2.24) is 14.5 Å². The van der Waals surface area contributed by atoms with Crippen molar-refractivity contribution in [2.24, 2.45) is 0 Å². The number of nitrogens with one attached hydrogen (secondary N) is 1. The molecule has 1 amide bonds. The molecule has 1 heterocycles. The number of likely N-dealkylation sites (tertiary alicyclic amines) is 1. The molecule has 0 saturated carbocycles. The van der Waals surface area contributed by atoms with Crippen LogP contribution in [0.2, 0.25) is 0 Å². The molecule has 0 spiro atoms. The Hall–Kier alpha value is -2.49. The van der Waals surface area contributed by atoms with Crippen LogP contribution in [0.3, 0.4) is 0 Å². The average molecular weight is 463 g/mol. The number of nitrogens with zero attached hydrogens (tertiary/aromatic N) is 3. The largest absolute Gasteiger partial charge is 0.350 e. The summed E-state index contributed by atoms with van der Waals surface area (Å²) in [7, 11) is -1.16. The van der Waals surface area contributed by atoms with Gasteiger partial charge in [0.15, 0.2) is 0 Å². The number of hydrogen-bond donors (Lipinski definition) is 1. The van der Waals surface area contributed by atoms with Crippen LogP contribution in [0, 0.1) is 5.82 Å². The van der Waals surface area contributed by atoms with Crippen LogP contribution in [0.15, 0.2) is 48.5 Å². The zero-order chi connectivity index (χ0) is 23.1. The minimum Gasteiger partial charge on any atom is -0.350 e. The van der Waals surface area contributed by atoms with Crippen molar-refractivity contribution in [3.8, 4) is 0 Å². The maximum Gasteiger partial charge on any atom is 0.304 e. The molecule has 1 saturated heterocycles. The van der Waals surface area contributed by atoms with E-state index in [2.05, 4.69) is 22.3 Å². The van der Waals surface area contributed by atoms with E-state index in [0.717, 1.165) is 45.9 Å². The summed E-state index contributed by atoms with van der Waals surface area (Å²) in [4.78, 5) is 15.0. The third-order valence-electron chi connectivity index (χ3n) is 5.51. The standard InChI is InChI=1S/C23H31FN4O3S/c1-26(2)32(30,31)28(22-12-10-21(24)11-13-22)18-23(29)25-16-19-6-8-20(9-7-19)17-27-14-4-3-5-15-27/h6-13H,3-5,14-18H2,1-2H3,(H,25,29). The summed E-state index contributed by atoms with van der Waals surface area (Å²) in [6.07, 6.45) is 3.81. The molecule has 0 radical (unpaired) electrons. The number of anilines is 1. The lowest BCUT2D eigenvalue weighted by atomic mass is 10.1. The predicted octanol–water partition coefficient (Wildman–Crippen LogP) is 2.74. The van der Waals surface area contributed by atoms with Crippen LogP contribution in [0.1, 0.15) is 30.4 Å². The molecule has 0 bridgehead atoms. The summed E-state index contributed by atoms with van der Waals surface area (Å²) in [5.74, 6) is -0.929. The molecule has 0 aliphatic carbocycles. The summed E-state index contributed by atoms with van der Waals surface area (Å²) < 4.78 is 40.7. The molecule has 9 heteroatoms. The van der Waals surface area contributed by atoms with E-state index in [0.29, 0.717) is 6.54 Å². The van der Waals surface area contributed by atoms with Crippen molar-refractivity contribution in [3.05, 3.63) is 65.5 Å². The van der Waals surface area contributed by atoms with Crippen LogP contribution < -0.4 is 9.62 Å². The van der Waals surface area contributed by atoms with Gasteiger partial charge in [0.05, 0.1) is 5.69 Å². The lowest BCUT2D eigenvalue weighted by Crippen LogP contribution is -2.45. The van der Waals surface area contributed by atoms with Crippen LogP contribution in [-0.4, -0.2) is 57.3 Å². The van der Waals surface area contributed by atoms with Gasteiger partial charge >= 0.3 is 10.2 Å². The fourth-order valence-electron chi connectivity index (χ4n) is 3.64. The zero-order valence-corrected chi connectivity index (χ0v) is 19.4. The van der Waals surface area contributed by atoms with Gasteiger partial charge in [-0.2, -0.15) is 12.7 Å². The maximum atomic E-state index is 13.3. The Labute approximate surface area is 190 Å². The molecule has 0 unspecified atom stereocenters. The van der Waals surface area contributed by atoms with Crippen LogP contribution >= 0.6 is 0 Å². The molecule has 3 rings (SSSR count). The highest BCUT2D eigenvalue weighted by Gasteiger charge is 2.27. The molecule has 1 aliphatic heterocycles. The van der Waals surface area contributed by atoms with Crippen molar-refractivity contribution >= 4 is 21.8 Å². The van der Waals surface area contributed by atoms with Gasteiger partial charge in [-0.3, -0.25) is 9.69 Å². The molecule has 1 N–H and O–H groups in total. The Kier molecular flexibility index (Phi) is 8.22. The van der Waals surface area contributed by atoms with E-state index in [1.54, 1.807) is 0 Å². The van der Waals surface area contributed by atoms with Gasteiger partial charge in [-0.25, -0.2) is 8.70 Å². The van der Waals surface area contributed by atoms with E-state index >= 15 is 0 Å². The third-order valence-corrected chi connectivity index (χ3v) is 7.33. The molecule has 32 heavy (non-hydrogen) atoms. The van der Waals surface area contributed by atoms with E-state index in [-0.39, 0.29) is 5.69 Å². The van der Waals surface area contributed by atoms with E-state index in [4.69, 9.17) is 0 Å². The second-order valence-electron chi connectivity index (χ2n) is 8.20. The number of hydrogen-bond acceptors (Lipinski definition) is 4. The molecule has 7 nitrogen and oxygen atoms in total. The van der Waals surface area contributed by atoms with Crippen LogP contribution in [-0.2, 0) is 28.1 Å². The zero-order valence-electron chi connectivity index (χ0n) is 18.6. The normalized spacial score (nSPS) is 15.0. The molecule has 0 atom stereocenters. The lowest BCUT2D eigenvalue weighted by molar-refractivity contribution is -0.119. The van der Waals surface area contributed by atoms with E-state index < -0.39 is 28.5 Å². The van der Waals surface area contributed by atoms with Crippen LogP contribution in [0.4, 0.5) is 10.1 Å². The van der Waals surface area contributed by atoms with Gasteiger partial charge in [0.2, 0.25) is 5.91 Å². The van der Waals surface area contributed by atoms with Gasteiger partial charge < -0.3 is 5.32 Å². The van der Waals surface area contributed by atoms with Gasteiger partial charge in [-0.05, 0) is 61.3 Å². The Bertz CT molecular complexity index is 989. The number of piperidine rings is 1. The first-order valence-corrected chi connectivity index (χ1v) is 12.2. The van der Waals surface area contributed by atoms with E-state index in [1.807, 2.05) is 12.1 Å². The number of benzene rings is 2. The summed E-state index contributed by atoms with van der Waals surface area (Å²) in [5, 5.41) is 2.77. The monoisotopic (exact) mass is 462 g/mol. The highest BCUT2D eigenvalue weighted by Crippen LogP contribution is 2.20. The number of carbonyl (C=O) groups excluding carboxylic acids is 1. The fraction of sp³-hybridized carbons (Fsp3) is 0.435. The van der Waals surface area contributed by atoms with Crippen molar-refractivity contribution in [3.63, 3.8) is 0 Å². The molecule has 2 aromatic rings. The number of halogens is 1. The average Bonchev–Trinajstić information content (AvgIpc) is 2.78. The van der Waals surface area contributed by atoms with Gasteiger partial charge in [-0.1, -0.05) is 30.7 Å². The number of carbonyl (C=O) groups is 1. The lowest BCUT2D eigenvalue weighted by Gasteiger charge is -2.27. The Morgan fingerprint density at radius 3 is 2.16 bits per heavy atom. The second-order valence-corrected chi connectivity index (χ2v) is 10.3. The summed E-state index contributed by atoms with van der Waals surface area (Å²) in [6, 6.07) is 13.1. The molecule has 2 aromatic carbocycles. The Morgan fingerprint density at radius 2 is 1.56 bits per heavy atom. The maximum absolute atomic E-state index is 13.3. The summed E-state index contributed by atoms with van der Waals surface area (Å²) in [6.45, 7) is 3.10. The minimum absolute atomic E-state index is 0.220. The van der Waals surface area contributed by atoms with Gasteiger partial charge in [0.25, 0.3) is 0 Å². The quantitative estimate of drug-likeness (QED) is 0.622. The predicted molar refractivity (Wildman–Crippen MR) is 124 cm³/mol. The van der Waals surface area contributed by atoms with Crippen LogP contribution in [0.5, 0.6) is 0 Å². The number of amides is 1. The van der Waals surface area contributed by atoms with Gasteiger partial charge in [0.1, 0.15) is 12.4 Å². The first kappa shape index (κ1) is 24.2. The first-order chi connectivity index (χ1) is 15.3. The smallest absolute Gasteiger partial charge is 0.304 e. The molecular weight excluding hydrogens is 431 g/mol. The molecule has 1 aliphatic rings. The SMILES string of the molecule is CN(C)S(=O)(=O)N(CC(=O)NCc1ccc(CN2CCCCC2)cc1)c1ccc(F)cc1. The molecule has 174 valence electrons. The molecular formula is C23H31FN4O3S. The van der Waals surface area contributed by atoms with Crippen LogP contribution in [0.25, 0.3) is 0 Å². The van der Waals surface area contributed by atoms with Crippen molar-refractivity contribution in [2.75, 3.05) is 38.0 Å².